The predicted molar refractivity (Wildman–Crippen MR) is 85.9 cm³/mol. The van der Waals surface area contributed by atoms with Gasteiger partial charge in [-0.25, -0.2) is 0 Å². The van der Waals surface area contributed by atoms with E-state index in [2.05, 4.69) is 31.0 Å². The summed E-state index contributed by atoms with van der Waals surface area (Å²) in [6, 6.07) is 0.676. The third kappa shape index (κ3) is 2.78. The van der Waals surface area contributed by atoms with Crippen molar-refractivity contribution in [3.8, 4) is 0 Å². The first-order valence-electron chi connectivity index (χ1n) is 9.09. The van der Waals surface area contributed by atoms with Crippen LogP contribution in [0.2, 0.25) is 0 Å². The zero-order valence-electron chi connectivity index (χ0n) is 13.8. The van der Waals surface area contributed by atoms with Crippen LogP contribution in [-0.4, -0.2) is 36.1 Å². The maximum atomic E-state index is 3.84. The Morgan fingerprint density at radius 1 is 1.15 bits per heavy atom. The summed E-state index contributed by atoms with van der Waals surface area (Å²) in [5.74, 6) is 3.16. The summed E-state index contributed by atoms with van der Waals surface area (Å²) in [5.41, 5.74) is 0.328. The van der Waals surface area contributed by atoms with Crippen LogP contribution in [0.5, 0.6) is 0 Å². The summed E-state index contributed by atoms with van der Waals surface area (Å²) >= 11 is 0. The van der Waals surface area contributed by atoms with Crippen LogP contribution in [0.1, 0.15) is 65.7 Å². The van der Waals surface area contributed by atoms with Crippen molar-refractivity contribution < 1.29 is 0 Å². The average molecular weight is 278 g/mol. The van der Waals surface area contributed by atoms with E-state index < -0.39 is 0 Å². The van der Waals surface area contributed by atoms with Gasteiger partial charge in [0.15, 0.2) is 0 Å². The highest BCUT2D eigenvalue weighted by Gasteiger charge is 2.43. The van der Waals surface area contributed by atoms with Crippen molar-refractivity contribution in [3.63, 3.8) is 0 Å². The second kappa shape index (κ2) is 5.96. The molecule has 1 heterocycles. The van der Waals surface area contributed by atoms with E-state index in [0.717, 1.165) is 24.3 Å². The van der Waals surface area contributed by atoms with Crippen molar-refractivity contribution in [2.75, 3.05) is 19.6 Å². The summed E-state index contributed by atoms with van der Waals surface area (Å²) in [6.07, 6.45) is 10.3. The van der Waals surface area contributed by atoms with Crippen molar-refractivity contribution >= 4 is 0 Å². The molecule has 3 fully saturated rings. The van der Waals surface area contributed by atoms with Crippen molar-refractivity contribution in [1.29, 1.82) is 0 Å². The van der Waals surface area contributed by atoms with Crippen molar-refractivity contribution in [3.05, 3.63) is 0 Å². The summed E-state index contributed by atoms with van der Waals surface area (Å²) in [6.45, 7) is 11.0. The predicted octanol–water partition coefficient (Wildman–Crippen LogP) is 3.67. The van der Waals surface area contributed by atoms with Gasteiger partial charge >= 0.3 is 0 Å². The van der Waals surface area contributed by atoms with Crippen LogP contribution in [0.25, 0.3) is 0 Å². The summed E-state index contributed by atoms with van der Waals surface area (Å²) < 4.78 is 0. The normalized spacial score (nSPS) is 35.9. The SMILES string of the molecule is CCNC(CC1CC2CCC1C2)C(C)(C)N1CCCC1. The summed E-state index contributed by atoms with van der Waals surface area (Å²) in [7, 11) is 0. The molecule has 2 saturated carbocycles. The third-order valence-electron chi connectivity index (χ3n) is 6.65. The standard InChI is InChI=1S/C18H34N2/c1-4-19-17(18(2,3)20-9-5-6-10-20)13-16-12-14-7-8-15(16)11-14/h14-17,19H,4-13H2,1-3H3. The highest BCUT2D eigenvalue weighted by molar-refractivity contribution is 4.99. The van der Waals surface area contributed by atoms with Crippen LogP contribution in [0.3, 0.4) is 0 Å². The van der Waals surface area contributed by atoms with Gasteiger partial charge in [0, 0.05) is 11.6 Å². The van der Waals surface area contributed by atoms with Gasteiger partial charge in [-0.05, 0) is 89.8 Å². The Balaban J connectivity index is 1.65. The lowest BCUT2D eigenvalue weighted by Crippen LogP contribution is -2.57. The van der Waals surface area contributed by atoms with Gasteiger partial charge in [0.1, 0.15) is 0 Å². The van der Waals surface area contributed by atoms with Crippen molar-refractivity contribution in [2.24, 2.45) is 17.8 Å². The first kappa shape index (κ1) is 14.8. The lowest BCUT2D eigenvalue weighted by Gasteiger charge is -2.44. The molecule has 1 saturated heterocycles. The quantitative estimate of drug-likeness (QED) is 0.797. The minimum atomic E-state index is 0.328. The third-order valence-corrected chi connectivity index (χ3v) is 6.65. The molecule has 20 heavy (non-hydrogen) atoms. The van der Waals surface area contributed by atoms with E-state index in [1.165, 1.54) is 51.6 Å². The minimum absolute atomic E-state index is 0.328. The van der Waals surface area contributed by atoms with Gasteiger partial charge in [-0.2, -0.15) is 0 Å². The molecule has 0 aromatic heterocycles. The zero-order chi connectivity index (χ0) is 14.2. The molecular weight excluding hydrogens is 244 g/mol. The molecule has 3 rings (SSSR count). The first-order valence-corrected chi connectivity index (χ1v) is 9.09. The molecule has 0 aromatic carbocycles. The Hall–Kier alpha value is -0.0800. The Labute approximate surface area is 125 Å². The molecule has 2 bridgehead atoms. The fourth-order valence-electron chi connectivity index (χ4n) is 5.35. The van der Waals surface area contributed by atoms with Gasteiger partial charge in [0.25, 0.3) is 0 Å². The second-order valence-electron chi connectivity index (χ2n) is 8.13. The minimum Gasteiger partial charge on any atom is -0.312 e. The molecule has 2 nitrogen and oxygen atoms in total. The van der Waals surface area contributed by atoms with Crippen LogP contribution in [-0.2, 0) is 0 Å². The van der Waals surface area contributed by atoms with E-state index in [-0.39, 0.29) is 0 Å². The van der Waals surface area contributed by atoms with Gasteiger partial charge < -0.3 is 5.32 Å². The van der Waals surface area contributed by atoms with Crippen molar-refractivity contribution in [2.45, 2.75) is 77.3 Å². The first-order chi connectivity index (χ1) is 9.61. The number of fused-ring (bicyclic) bond motifs is 2. The average Bonchev–Trinajstić information content (AvgIpc) is 3.15. The monoisotopic (exact) mass is 278 g/mol. The Kier molecular flexibility index (Phi) is 4.42. The van der Waals surface area contributed by atoms with Gasteiger partial charge in [-0.3, -0.25) is 4.90 Å². The van der Waals surface area contributed by atoms with E-state index in [9.17, 15) is 0 Å². The number of nitrogens with one attached hydrogen (secondary N) is 1. The van der Waals surface area contributed by atoms with Gasteiger partial charge in [0.2, 0.25) is 0 Å². The number of hydrogen-bond donors (Lipinski definition) is 1. The van der Waals surface area contributed by atoms with E-state index in [0.29, 0.717) is 11.6 Å². The van der Waals surface area contributed by atoms with Crippen LogP contribution >= 0.6 is 0 Å². The van der Waals surface area contributed by atoms with E-state index in [4.69, 9.17) is 0 Å². The summed E-state index contributed by atoms with van der Waals surface area (Å²) in [5, 5.41) is 3.84. The highest BCUT2D eigenvalue weighted by Crippen LogP contribution is 2.50. The second-order valence-corrected chi connectivity index (χ2v) is 8.13. The zero-order valence-corrected chi connectivity index (χ0v) is 13.8. The van der Waals surface area contributed by atoms with E-state index >= 15 is 0 Å². The largest absolute Gasteiger partial charge is 0.312 e. The van der Waals surface area contributed by atoms with E-state index in [1.807, 2.05) is 0 Å². The fraction of sp³-hybridized carbons (Fsp3) is 1.00. The fourth-order valence-corrected chi connectivity index (χ4v) is 5.35. The number of hydrogen-bond acceptors (Lipinski definition) is 2. The lowest BCUT2D eigenvalue weighted by molar-refractivity contribution is 0.0878. The van der Waals surface area contributed by atoms with Crippen LogP contribution < -0.4 is 5.32 Å². The smallest absolute Gasteiger partial charge is 0.0306 e. The number of likely N-dealkylation sites (tertiary alicyclic amines) is 1. The maximum Gasteiger partial charge on any atom is 0.0306 e. The topological polar surface area (TPSA) is 15.3 Å². The van der Waals surface area contributed by atoms with Crippen LogP contribution in [0.15, 0.2) is 0 Å². The molecule has 2 heteroatoms. The Morgan fingerprint density at radius 3 is 2.45 bits per heavy atom. The number of nitrogens with zero attached hydrogens (tertiary/aromatic N) is 1. The lowest BCUT2D eigenvalue weighted by atomic mass is 9.79. The van der Waals surface area contributed by atoms with E-state index in [1.54, 1.807) is 6.42 Å². The highest BCUT2D eigenvalue weighted by atomic mass is 15.2. The molecular formula is C18H34N2. The van der Waals surface area contributed by atoms with Gasteiger partial charge in [-0.15, -0.1) is 0 Å². The molecule has 2 aliphatic carbocycles. The molecule has 3 aliphatic rings. The van der Waals surface area contributed by atoms with Gasteiger partial charge in [-0.1, -0.05) is 13.3 Å². The molecule has 1 N–H and O–H groups in total. The molecule has 4 atom stereocenters. The molecule has 0 radical (unpaired) electrons. The summed E-state index contributed by atoms with van der Waals surface area (Å²) in [4.78, 5) is 2.74. The molecule has 1 aliphatic heterocycles. The maximum absolute atomic E-state index is 3.84. The molecule has 0 aromatic rings. The number of rotatable bonds is 6. The van der Waals surface area contributed by atoms with Crippen LogP contribution in [0.4, 0.5) is 0 Å². The van der Waals surface area contributed by atoms with Crippen LogP contribution in [0, 0.1) is 17.8 Å². The molecule has 4 unspecified atom stereocenters. The molecule has 116 valence electrons. The number of likely N-dealkylation sites (N-methyl/N-ethyl adjacent to an activating group) is 1. The van der Waals surface area contributed by atoms with Gasteiger partial charge in [0.05, 0.1) is 0 Å². The Bertz CT molecular complexity index is 319. The van der Waals surface area contributed by atoms with Crippen molar-refractivity contribution in [1.82, 2.24) is 10.2 Å². The Morgan fingerprint density at radius 2 is 1.90 bits per heavy atom. The molecule has 0 amide bonds. The molecule has 0 spiro atoms.